The summed E-state index contributed by atoms with van der Waals surface area (Å²) in [5.74, 6) is 0.911. The molecule has 0 unspecified atom stereocenters. The summed E-state index contributed by atoms with van der Waals surface area (Å²) in [6.07, 6.45) is 7.51. The molecule has 4 rings (SSSR count). The molecule has 0 spiro atoms. The molecule has 124 valence electrons. The first-order valence-corrected chi connectivity index (χ1v) is 8.14. The molecule has 1 aliphatic rings. The second kappa shape index (κ2) is 6.32. The van der Waals surface area contributed by atoms with Crippen LogP contribution >= 0.6 is 0 Å². The molecule has 3 aromatic rings. The van der Waals surface area contributed by atoms with Crippen molar-refractivity contribution in [3.8, 4) is 28.9 Å². The molecule has 1 aliphatic heterocycles. The SMILES string of the molecule is Cc1cc(-c2ccnc(-c3nc([C@@H]4CCCN4C#N)no3)c2)ccn1. The van der Waals surface area contributed by atoms with E-state index in [1.54, 1.807) is 17.3 Å². The largest absolute Gasteiger partial charge is 0.332 e. The van der Waals surface area contributed by atoms with E-state index in [-0.39, 0.29) is 6.04 Å². The van der Waals surface area contributed by atoms with Crippen molar-refractivity contribution >= 4 is 0 Å². The van der Waals surface area contributed by atoms with Crippen LogP contribution in [0.2, 0.25) is 0 Å². The van der Waals surface area contributed by atoms with Crippen LogP contribution in [0.5, 0.6) is 0 Å². The Morgan fingerprint density at radius 1 is 1.20 bits per heavy atom. The van der Waals surface area contributed by atoms with Gasteiger partial charge in [0.2, 0.25) is 0 Å². The third-order valence-electron chi connectivity index (χ3n) is 4.33. The lowest BCUT2D eigenvalue weighted by molar-refractivity contribution is 0.339. The number of hydrogen-bond donors (Lipinski definition) is 0. The first kappa shape index (κ1) is 15.3. The Morgan fingerprint density at radius 3 is 2.80 bits per heavy atom. The minimum absolute atomic E-state index is 0.103. The molecule has 0 radical (unpaired) electrons. The predicted octanol–water partition coefficient (Wildman–Crippen LogP) is 3.12. The summed E-state index contributed by atoms with van der Waals surface area (Å²) in [6.45, 7) is 2.69. The summed E-state index contributed by atoms with van der Waals surface area (Å²) in [4.78, 5) is 14.7. The van der Waals surface area contributed by atoms with E-state index in [2.05, 4.69) is 26.3 Å². The third kappa shape index (κ3) is 2.94. The lowest BCUT2D eigenvalue weighted by atomic mass is 10.1. The van der Waals surface area contributed by atoms with Gasteiger partial charge in [-0.25, -0.2) is 0 Å². The van der Waals surface area contributed by atoms with Gasteiger partial charge < -0.3 is 4.52 Å². The fraction of sp³-hybridized carbons (Fsp3) is 0.278. The summed E-state index contributed by atoms with van der Waals surface area (Å²) < 4.78 is 5.40. The highest BCUT2D eigenvalue weighted by atomic mass is 16.5. The highest BCUT2D eigenvalue weighted by molar-refractivity contribution is 5.67. The van der Waals surface area contributed by atoms with Gasteiger partial charge in [0.1, 0.15) is 11.7 Å². The Hall–Kier alpha value is -3.27. The van der Waals surface area contributed by atoms with Gasteiger partial charge in [-0.3, -0.25) is 14.9 Å². The summed E-state index contributed by atoms with van der Waals surface area (Å²) >= 11 is 0. The number of aromatic nitrogens is 4. The maximum atomic E-state index is 9.18. The van der Waals surface area contributed by atoms with E-state index < -0.39 is 0 Å². The number of rotatable bonds is 3. The van der Waals surface area contributed by atoms with E-state index in [9.17, 15) is 5.26 Å². The molecule has 4 heterocycles. The Morgan fingerprint density at radius 2 is 2.00 bits per heavy atom. The molecule has 7 heteroatoms. The maximum Gasteiger partial charge on any atom is 0.276 e. The van der Waals surface area contributed by atoms with Gasteiger partial charge in [-0.1, -0.05) is 5.16 Å². The first-order chi connectivity index (χ1) is 12.2. The molecule has 0 N–H and O–H groups in total. The molecule has 1 atom stereocenters. The van der Waals surface area contributed by atoms with Gasteiger partial charge in [-0.15, -0.1) is 0 Å². The Balaban J connectivity index is 1.65. The first-order valence-electron chi connectivity index (χ1n) is 8.14. The van der Waals surface area contributed by atoms with Gasteiger partial charge in [0.15, 0.2) is 12.0 Å². The highest BCUT2D eigenvalue weighted by Gasteiger charge is 2.29. The molecule has 1 fully saturated rings. The lowest BCUT2D eigenvalue weighted by Gasteiger charge is -2.13. The van der Waals surface area contributed by atoms with Crippen LogP contribution in [0.4, 0.5) is 0 Å². The molecule has 25 heavy (non-hydrogen) atoms. The third-order valence-corrected chi connectivity index (χ3v) is 4.33. The number of nitriles is 1. The fourth-order valence-electron chi connectivity index (χ4n) is 3.08. The second-order valence-electron chi connectivity index (χ2n) is 6.02. The maximum absolute atomic E-state index is 9.18. The van der Waals surface area contributed by atoms with Gasteiger partial charge in [0.05, 0.1) is 0 Å². The van der Waals surface area contributed by atoms with E-state index in [1.165, 1.54) is 0 Å². The molecule has 0 amide bonds. The summed E-state index contributed by atoms with van der Waals surface area (Å²) in [5.41, 5.74) is 3.64. The Labute approximate surface area is 145 Å². The van der Waals surface area contributed by atoms with Gasteiger partial charge in [0, 0.05) is 24.6 Å². The quantitative estimate of drug-likeness (QED) is 0.680. The number of hydrogen-bond acceptors (Lipinski definition) is 7. The van der Waals surface area contributed by atoms with E-state index in [0.717, 1.165) is 36.2 Å². The van der Waals surface area contributed by atoms with E-state index in [0.29, 0.717) is 17.4 Å². The molecular formula is C18H16N6O. The predicted molar refractivity (Wildman–Crippen MR) is 89.8 cm³/mol. The lowest BCUT2D eigenvalue weighted by Crippen LogP contribution is -2.17. The number of pyridine rings is 2. The summed E-state index contributed by atoms with van der Waals surface area (Å²) in [7, 11) is 0. The molecule has 0 aromatic carbocycles. The number of aryl methyl sites for hydroxylation is 1. The van der Waals surface area contributed by atoms with Crippen molar-refractivity contribution in [3.63, 3.8) is 0 Å². The molecule has 7 nitrogen and oxygen atoms in total. The second-order valence-corrected chi connectivity index (χ2v) is 6.02. The minimum atomic E-state index is -0.103. The van der Waals surface area contributed by atoms with Crippen LogP contribution in [0.1, 0.15) is 30.4 Å². The average Bonchev–Trinajstić information content (AvgIpc) is 3.30. The van der Waals surface area contributed by atoms with E-state index >= 15 is 0 Å². The van der Waals surface area contributed by atoms with Crippen LogP contribution in [0.15, 0.2) is 41.2 Å². The smallest absolute Gasteiger partial charge is 0.276 e. The summed E-state index contributed by atoms with van der Waals surface area (Å²) in [6, 6.07) is 7.72. The van der Waals surface area contributed by atoms with Crippen LogP contribution in [0, 0.1) is 18.4 Å². The van der Waals surface area contributed by atoms with Crippen molar-refractivity contribution in [2.75, 3.05) is 6.54 Å². The van der Waals surface area contributed by atoms with Crippen molar-refractivity contribution in [3.05, 3.63) is 48.2 Å². The number of nitrogens with zero attached hydrogens (tertiary/aromatic N) is 6. The molecule has 0 saturated carbocycles. The zero-order valence-corrected chi connectivity index (χ0v) is 13.8. The van der Waals surface area contributed by atoms with Crippen LogP contribution in [0.3, 0.4) is 0 Å². The van der Waals surface area contributed by atoms with Crippen LogP contribution in [0.25, 0.3) is 22.7 Å². The Kier molecular flexibility index (Phi) is 3.86. The van der Waals surface area contributed by atoms with E-state index in [4.69, 9.17) is 4.52 Å². The van der Waals surface area contributed by atoms with Crippen molar-refractivity contribution in [2.24, 2.45) is 0 Å². The average molecular weight is 332 g/mol. The minimum Gasteiger partial charge on any atom is -0.332 e. The zero-order chi connectivity index (χ0) is 17.2. The molecule has 1 saturated heterocycles. The Bertz CT molecular complexity index is 944. The van der Waals surface area contributed by atoms with Crippen molar-refractivity contribution < 1.29 is 4.52 Å². The summed E-state index contributed by atoms with van der Waals surface area (Å²) in [5, 5.41) is 13.2. The van der Waals surface area contributed by atoms with Crippen molar-refractivity contribution in [1.82, 2.24) is 25.0 Å². The standard InChI is InChI=1S/C18H16N6O/c1-12-9-13(4-6-20-12)14-5-7-21-15(10-14)18-22-17(23-25-18)16-3-2-8-24(16)11-19/h4-7,9-10,16H,2-3,8H2,1H3/t16-/m0/s1. The monoisotopic (exact) mass is 332 g/mol. The van der Waals surface area contributed by atoms with Gasteiger partial charge in [-0.05, 0) is 55.2 Å². The molecule has 3 aromatic heterocycles. The molecule has 0 aliphatic carbocycles. The van der Waals surface area contributed by atoms with Crippen molar-refractivity contribution in [1.29, 1.82) is 5.26 Å². The van der Waals surface area contributed by atoms with Crippen LogP contribution < -0.4 is 0 Å². The fourth-order valence-corrected chi connectivity index (χ4v) is 3.08. The van der Waals surface area contributed by atoms with Crippen molar-refractivity contribution in [2.45, 2.75) is 25.8 Å². The highest BCUT2D eigenvalue weighted by Crippen LogP contribution is 2.31. The van der Waals surface area contributed by atoms with Gasteiger partial charge >= 0.3 is 0 Å². The van der Waals surface area contributed by atoms with Crippen LogP contribution in [-0.4, -0.2) is 31.6 Å². The topological polar surface area (TPSA) is 91.7 Å². The van der Waals surface area contributed by atoms with Gasteiger partial charge in [0.25, 0.3) is 5.89 Å². The number of likely N-dealkylation sites (tertiary alicyclic amines) is 1. The molecule has 0 bridgehead atoms. The molecular weight excluding hydrogens is 316 g/mol. The normalized spacial score (nSPS) is 16.8. The van der Waals surface area contributed by atoms with Crippen LogP contribution in [-0.2, 0) is 0 Å². The van der Waals surface area contributed by atoms with Gasteiger partial charge in [-0.2, -0.15) is 10.2 Å². The van der Waals surface area contributed by atoms with E-state index in [1.807, 2.05) is 31.2 Å². The zero-order valence-electron chi connectivity index (χ0n) is 13.8.